The largest absolute Gasteiger partial charge is 0.326 e. The molecule has 0 fully saturated rings. The number of anilines is 3. The number of carbonyl (C=O) groups excluding carboxylic acids is 2. The first-order valence-electron chi connectivity index (χ1n) is 12.8. The topological polar surface area (TPSA) is 61.4 Å². The van der Waals surface area contributed by atoms with Gasteiger partial charge in [-0.05, 0) is 60.9 Å². The third kappa shape index (κ3) is 5.84. The standard InChI is InChI=1S/C31H31N3O2S2/c1-20(2)22-15-17-23(18-16-22)32-30(35)21(3)37-25-10-8-9-24(19-25)33-31(36)34-26-11-4-6-13-28(26)38-29-14-7-5-12-27(29)34/h4-21,26,28H,1-3H3,(H,32,35)(H,33,36). The zero-order valence-corrected chi connectivity index (χ0v) is 23.3. The Morgan fingerprint density at radius 3 is 2.42 bits per heavy atom. The zero-order valence-electron chi connectivity index (χ0n) is 21.6. The molecule has 3 atom stereocenters. The van der Waals surface area contributed by atoms with Crippen molar-refractivity contribution < 1.29 is 9.59 Å². The van der Waals surface area contributed by atoms with Gasteiger partial charge in [0.1, 0.15) is 0 Å². The van der Waals surface area contributed by atoms with Gasteiger partial charge in [-0.25, -0.2) is 4.79 Å². The highest BCUT2D eigenvalue weighted by Gasteiger charge is 2.36. The number of para-hydroxylation sites is 1. The number of urea groups is 1. The van der Waals surface area contributed by atoms with E-state index in [4.69, 9.17) is 0 Å². The summed E-state index contributed by atoms with van der Waals surface area (Å²) in [5, 5.41) is 5.95. The van der Waals surface area contributed by atoms with Crippen molar-refractivity contribution in [2.75, 3.05) is 15.5 Å². The highest BCUT2D eigenvalue weighted by atomic mass is 32.2. The lowest BCUT2D eigenvalue weighted by molar-refractivity contribution is -0.115. The summed E-state index contributed by atoms with van der Waals surface area (Å²) in [4.78, 5) is 30.3. The predicted molar refractivity (Wildman–Crippen MR) is 161 cm³/mol. The van der Waals surface area contributed by atoms with Gasteiger partial charge in [-0.2, -0.15) is 0 Å². The van der Waals surface area contributed by atoms with Crippen molar-refractivity contribution in [3.8, 4) is 0 Å². The minimum Gasteiger partial charge on any atom is -0.325 e. The van der Waals surface area contributed by atoms with Gasteiger partial charge in [0.2, 0.25) is 5.91 Å². The molecule has 194 valence electrons. The summed E-state index contributed by atoms with van der Waals surface area (Å²) in [6.07, 6.45) is 8.26. The number of allylic oxidation sites excluding steroid dienone is 2. The van der Waals surface area contributed by atoms with E-state index in [1.807, 2.05) is 90.7 Å². The highest BCUT2D eigenvalue weighted by molar-refractivity contribution is 8.00. The number of rotatable bonds is 6. The average molecular weight is 542 g/mol. The van der Waals surface area contributed by atoms with E-state index in [1.54, 1.807) is 11.8 Å². The van der Waals surface area contributed by atoms with Crippen LogP contribution in [0.1, 0.15) is 32.3 Å². The Labute approximate surface area is 232 Å². The fourth-order valence-electron chi connectivity index (χ4n) is 4.51. The molecule has 1 aliphatic heterocycles. The molecule has 0 radical (unpaired) electrons. The van der Waals surface area contributed by atoms with Crippen molar-refractivity contribution in [1.29, 1.82) is 0 Å². The molecule has 0 spiro atoms. The second kappa shape index (κ2) is 11.5. The third-order valence-electron chi connectivity index (χ3n) is 6.57. The van der Waals surface area contributed by atoms with Gasteiger partial charge in [-0.1, -0.05) is 68.5 Å². The van der Waals surface area contributed by atoms with Gasteiger partial charge < -0.3 is 10.6 Å². The maximum absolute atomic E-state index is 13.6. The molecule has 0 saturated heterocycles. The van der Waals surface area contributed by atoms with E-state index in [1.165, 1.54) is 17.3 Å². The SMILES string of the molecule is CC(Sc1cccc(NC(=O)N2c3ccccc3SC3C=CC=CC32)c1)C(=O)Nc1ccc(C(C)C)cc1. The van der Waals surface area contributed by atoms with Crippen molar-refractivity contribution in [3.05, 3.63) is 103 Å². The molecule has 0 aromatic heterocycles. The summed E-state index contributed by atoms with van der Waals surface area (Å²) >= 11 is 3.24. The van der Waals surface area contributed by atoms with Gasteiger partial charge >= 0.3 is 6.03 Å². The van der Waals surface area contributed by atoms with E-state index < -0.39 is 0 Å². The van der Waals surface area contributed by atoms with E-state index >= 15 is 0 Å². The smallest absolute Gasteiger partial charge is 0.325 e. The molecular formula is C31H31N3O2S2. The fraction of sp³-hybridized carbons (Fsp3) is 0.226. The van der Waals surface area contributed by atoms with Crippen LogP contribution in [0.3, 0.4) is 0 Å². The second-order valence-electron chi connectivity index (χ2n) is 9.66. The molecule has 1 heterocycles. The van der Waals surface area contributed by atoms with Gasteiger partial charge in [-0.15, -0.1) is 23.5 Å². The molecule has 7 heteroatoms. The summed E-state index contributed by atoms with van der Waals surface area (Å²) in [5.41, 5.74) is 3.63. The summed E-state index contributed by atoms with van der Waals surface area (Å²) in [5.74, 6) is 0.385. The molecular weight excluding hydrogens is 510 g/mol. The number of nitrogens with one attached hydrogen (secondary N) is 2. The van der Waals surface area contributed by atoms with E-state index in [-0.39, 0.29) is 28.5 Å². The maximum atomic E-state index is 13.6. The maximum Gasteiger partial charge on any atom is 0.326 e. The molecule has 0 saturated carbocycles. The fourth-order valence-corrected chi connectivity index (χ4v) is 6.69. The van der Waals surface area contributed by atoms with E-state index in [9.17, 15) is 9.59 Å². The normalized spacial score (nSPS) is 18.5. The zero-order chi connectivity index (χ0) is 26.6. The van der Waals surface area contributed by atoms with Crippen LogP contribution in [0, 0.1) is 0 Å². The lowest BCUT2D eigenvalue weighted by Gasteiger charge is -2.40. The number of hydrogen-bond acceptors (Lipinski definition) is 4. The summed E-state index contributed by atoms with van der Waals surface area (Å²) in [6.45, 7) is 6.18. The minimum atomic E-state index is -0.309. The number of fused-ring (bicyclic) bond motifs is 2. The molecule has 5 rings (SSSR count). The van der Waals surface area contributed by atoms with E-state index in [0.29, 0.717) is 11.6 Å². The molecule has 5 nitrogen and oxygen atoms in total. The van der Waals surface area contributed by atoms with Crippen LogP contribution in [0.15, 0.2) is 107 Å². The van der Waals surface area contributed by atoms with E-state index in [2.05, 4.69) is 42.7 Å². The molecule has 38 heavy (non-hydrogen) atoms. The van der Waals surface area contributed by atoms with Crippen LogP contribution in [0.2, 0.25) is 0 Å². The van der Waals surface area contributed by atoms with Crippen LogP contribution < -0.4 is 15.5 Å². The first-order valence-corrected chi connectivity index (χ1v) is 14.5. The Kier molecular flexibility index (Phi) is 7.95. The van der Waals surface area contributed by atoms with Crippen LogP contribution in [0.5, 0.6) is 0 Å². The summed E-state index contributed by atoms with van der Waals surface area (Å²) in [7, 11) is 0. The Bertz CT molecular complexity index is 1380. The van der Waals surface area contributed by atoms with Crippen molar-refractivity contribution in [1.82, 2.24) is 0 Å². The molecule has 0 bridgehead atoms. The number of nitrogens with zero attached hydrogens (tertiary/aromatic N) is 1. The average Bonchev–Trinajstić information content (AvgIpc) is 2.92. The predicted octanol–water partition coefficient (Wildman–Crippen LogP) is 7.94. The second-order valence-corrected chi connectivity index (χ2v) is 12.3. The quantitative estimate of drug-likeness (QED) is 0.311. The number of benzene rings is 3. The van der Waals surface area contributed by atoms with Crippen molar-refractivity contribution >= 4 is 52.5 Å². The van der Waals surface area contributed by atoms with Crippen LogP contribution in [-0.4, -0.2) is 28.5 Å². The molecule has 2 N–H and O–H groups in total. The van der Waals surface area contributed by atoms with Gasteiger partial charge in [-0.3, -0.25) is 9.69 Å². The van der Waals surface area contributed by atoms with Gasteiger partial charge in [0, 0.05) is 21.2 Å². The van der Waals surface area contributed by atoms with Crippen LogP contribution >= 0.6 is 23.5 Å². The minimum absolute atomic E-state index is 0.0595. The number of carbonyl (C=O) groups is 2. The molecule has 3 aromatic rings. The number of thioether (sulfide) groups is 2. The van der Waals surface area contributed by atoms with Gasteiger partial charge in [0.15, 0.2) is 0 Å². The Morgan fingerprint density at radius 1 is 0.868 bits per heavy atom. The lowest BCUT2D eigenvalue weighted by Crippen LogP contribution is -2.49. The first kappa shape index (κ1) is 26.2. The van der Waals surface area contributed by atoms with Crippen LogP contribution in [0.25, 0.3) is 0 Å². The molecule has 3 unspecified atom stereocenters. The first-order chi connectivity index (χ1) is 18.4. The van der Waals surface area contributed by atoms with Crippen molar-refractivity contribution in [2.45, 2.75) is 53.0 Å². The molecule has 2 aliphatic rings. The van der Waals surface area contributed by atoms with Crippen LogP contribution in [0.4, 0.5) is 21.9 Å². The van der Waals surface area contributed by atoms with Gasteiger partial charge in [0.05, 0.1) is 22.2 Å². The Hall–Kier alpha value is -3.42. The third-order valence-corrected chi connectivity index (χ3v) is 8.97. The van der Waals surface area contributed by atoms with E-state index in [0.717, 1.165) is 21.2 Å². The molecule has 3 amide bonds. The Balaban J connectivity index is 1.26. The molecule has 1 aliphatic carbocycles. The Morgan fingerprint density at radius 2 is 1.63 bits per heavy atom. The highest BCUT2D eigenvalue weighted by Crippen LogP contribution is 2.43. The molecule has 3 aromatic carbocycles. The van der Waals surface area contributed by atoms with Crippen molar-refractivity contribution in [2.24, 2.45) is 0 Å². The number of hydrogen-bond donors (Lipinski definition) is 2. The van der Waals surface area contributed by atoms with Crippen molar-refractivity contribution in [3.63, 3.8) is 0 Å². The lowest BCUT2D eigenvalue weighted by atomic mass is 10.0. The summed E-state index contributed by atoms with van der Waals surface area (Å²) in [6, 6.07) is 23.4. The number of amides is 3. The summed E-state index contributed by atoms with van der Waals surface area (Å²) < 4.78 is 0. The van der Waals surface area contributed by atoms with Crippen LogP contribution in [-0.2, 0) is 4.79 Å². The monoisotopic (exact) mass is 541 g/mol. The van der Waals surface area contributed by atoms with Gasteiger partial charge in [0.25, 0.3) is 0 Å².